The van der Waals surface area contributed by atoms with Gasteiger partial charge in [-0.05, 0) is 30.2 Å². The van der Waals surface area contributed by atoms with Crippen LogP contribution in [0.15, 0.2) is 12.7 Å². The van der Waals surface area contributed by atoms with Gasteiger partial charge in [-0.15, -0.1) is 6.58 Å². The van der Waals surface area contributed by atoms with E-state index in [1.54, 1.807) is 0 Å². The van der Waals surface area contributed by atoms with Gasteiger partial charge in [0.2, 0.25) is 0 Å². The maximum atomic E-state index is 4.00. The van der Waals surface area contributed by atoms with Gasteiger partial charge in [0.25, 0.3) is 0 Å². The summed E-state index contributed by atoms with van der Waals surface area (Å²) in [7, 11) is 0. The molecule has 1 heteroatoms. The van der Waals surface area contributed by atoms with Crippen LogP contribution in [0.3, 0.4) is 0 Å². The van der Waals surface area contributed by atoms with E-state index >= 15 is 0 Å². The highest BCUT2D eigenvalue weighted by atomic mass is 14.9. The zero-order valence-corrected chi connectivity index (χ0v) is 12.0. The molecule has 0 saturated heterocycles. The molecule has 0 radical (unpaired) electrons. The summed E-state index contributed by atoms with van der Waals surface area (Å²) >= 11 is 0. The second-order valence-corrected chi connectivity index (χ2v) is 5.98. The molecule has 0 aliphatic carbocycles. The molecule has 2 unspecified atom stereocenters. The van der Waals surface area contributed by atoms with Crippen molar-refractivity contribution in [2.24, 2.45) is 17.3 Å². The second-order valence-electron chi connectivity index (χ2n) is 5.98. The van der Waals surface area contributed by atoms with Crippen LogP contribution in [0.25, 0.3) is 0 Å². The lowest BCUT2D eigenvalue weighted by atomic mass is 9.80. The van der Waals surface area contributed by atoms with Crippen LogP contribution in [-0.2, 0) is 0 Å². The van der Waals surface area contributed by atoms with Crippen molar-refractivity contribution >= 4 is 0 Å². The third kappa shape index (κ3) is 7.05. The van der Waals surface area contributed by atoms with E-state index in [1.165, 1.54) is 19.3 Å². The molecule has 0 saturated carbocycles. The Balaban J connectivity index is 4.04. The van der Waals surface area contributed by atoms with Gasteiger partial charge in [-0.3, -0.25) is 0 Å². The van der Waals surface area contributed by atoms with E-state index in [-0.39, 0.29) is 5.41 Å². The lowest BCUT2D eigenvalue weighted by molar-refractivity contribution is 0.290. The predicted octanol–water partition coefficient (Wildman–Crippen LogP) is 4.25. The fourth-order valence-electron chi connectivity index (χ4n) is 2.26. The summed E-state index contributed by atoms with van der Waals surface area (Å²) in [6.45, 7) is 17.6. The maximum Gasteiger partial charge on any atom is 0.00400 e. The zero-order valence-electron chi connectivity index (χ0n) is 12.0. The van der Waals surface area contributed by atoms with E-state index in [0.29, 0.717) is 0 Å². The molecular formula is C15H31N. The minimum absolute atomic E-state index is 0.253. The minimum atomic E-state index is 0.253. The molecule has 96 valence electrons. The van der Waals surface area contributed by atoms with Gasteiger partial charge in [0.15, 0.2) is 0 Å². The van der Waals surface area contributed by atoms with E-state index < -0.39 is 0 Å². The standard InChI is InChI=1S/C15H31N/c1-7-9-14(5)10-15(6,8-2)12-16-11-13(3)4/h8,13-14,16H,2,7,9-12H2,1,3-6H3. The van der Waals surface area contributed by atoms with Gasteiger partial charge in [-0.25, -0.2) is 0 Å². The van der Waals surface area contributed by atoms with E-state index in [1.807, 2.05) is 0 Å². The third-order valence-corrected chi connectivity index (χ3v) is 3.17. The summed E-state index contributed by atoms with van der Waals surface area (Å²) in [5, 5.41) is 3.55. The molecule has 0 aromatic carbocycles. The predicted molar refractivity (Wildman–Crippen MR) is 74.7 cm³/mol. The Morgan fingerprint density at radius 1 is 1.31 bits per heavy atom. The van der Waals surface area contributed by atoms with Gasteiger partial charge in [0.05, 0.1) is 0 Å². The Hall–Kier alpha value is -0.300. The van der Waals surface area contributed by atoms with Gasteiger partial charge >= 0.3 is 0 Å². The first kappa shape index (κ1) is 15.7. The molecule has 0 aliphatic rings. The van der Waals surface area contributed by atoms with Crippen LogP contribution in [0.5, 0.6) is 0 Å². The maximum absolute atomic E-state index is 4.00. The highest BCUT2D eigenvalue weighted by Gasteiger charge is 2.22. The zero-order chi connectivity index (χ0) is 12.6. The summed E-state index contributed by atoms with van der Waals surface area (Å²) in [5.74, 6) is 1.52. The SMILES string of the molecule is C=CC(C)(CNCC(C)C)CC(C)CCC. The molecule has 0 bridgehead atoms. The molecule has 1 nitrogen and oxygen atoms in total. The van der Waals surface area contributed by atoms with E-state index in [2.05, 4.69) is 52.6 Å². The Kier molecular flexibility index (Phi) is 7.74. The lowest BCUT2D eigenvalue weighted by Gasteiger charge is -2.29. The number of hydrogen-bond acceptors (Lipinski definition) is 1. The highest BCUT2D eigenvalue weighted by molar-refractivity contribution is 4.94. The van der Waals surface area contributed by atoms with Crippen LogP contribution < -0.4 is 5.32 Å². The van der Waals surface area contributed by atoms with Crippen LogP contribution in [0, 0.1) is 17.3 Å². The number of hydrogen-bond donors (Lipinski definition) is 1. The second kappa shape index (κ2) is 7.89. The first-order valence-electron chi connectivity index (χ1n) is 6.78. The van der Waals surface area contributed by atoms with Gasteiger partial charge in [0.1, 0.15) is 0 Å². The van der Waals surface area contributed by atoms with Crippen molar-refractivity contribution in [2.75, 3.05) is 13.1 Å². The molecule has 0 heterocycles. The fourth-order valence-corrected chi connectivity index (χ4v) is 2.26. The molecule has 0 rings (SSSR count). The minimum Gasteiger partial charge on any atom is -0.316 e. The Bertz CT molecular complexity index is 186. The van der Waals surface area contributed by atoms with Crippen molar-refractivity contribution in [3.63, 3.8) is 0 Å². The highest BCUT2D eigenvalue weighted by Crippen LogP contribution is 2.28. The number of rotatable bonds is 9. The molecule has 16 heavy (non-hydrogen) atoms. The van der Waals surface area contributed by atoms with Crippen LogP contribution in [0.1, 0.15) is 53.9 Å². The molecule has 0 spiro atoms. The normalized spacial score (nSPS) is 17.1. The summed E-state index contributed by atoms with van der Waals surface area (Å²) in [6.07, 6.45) is 5.99. The van der Waals surface area contributed by atoms with Crippen LogP contribution in [0.2, 0.25) is 0 Å². The first-order valence-corrected chi connectivity index (χ1v) is 6.78. The smallest absolute Gasteiger partial charge is 0.00400 e. The fraction of sp³-hybridized carbons (Fsp3) is 0.867. The Morgan fingerprint density at radius 3 is 2.38 bits per heavy atom. The van der Waals surface area contributed by atoms with Gasteiger partial charge in [-0.1, -0.05) is 53.5 Å². The molecular weight excluding hydrogens is 194 g/mol. The van der Waals surface area contributed by atoms with E-state index in [9.17, 15) is 0 Å². The van der Waals surface area contributed by atoms with Crippen molar-refractivity contribution in [3.8, 4) is 0 Å². The third-order valence-electron chi connectivity index (χ3n) is 3.17. The van der Waals surface area contributed by atoms with Gasteiger partial charge < -0.3 is 5.32 Å². The summed E-state index contributed by atoms with van der Waals surface area (Å²) in [4.78, 5) is 0. The summed E-state index contributed by atoms with van der Waals surface area (Å²) in [6, 6.07) is 0. The van der Waals surface area contributed by atoms with E-state index in [0.717, 1.165) is 24.9 Å². The van der Waals surface area contributed by atoms with Crippen molar-refractivity contribution in [3.05, 3.63) is 12.7 Å². The van der Waals surface area contributed by atoms with Crippen LogP contribution >= 0.6 is 0 Å². The largest absolute Gasteiger partial charge is 0.316 e. The molecule has 2 atom stereocenters. The molecule has 0 aromatic rings. The molecule has 0 aromatic heterocycles. The molecule has 0 aliphatic heterocycles. The number of nitrogens with one attached hydrogen (secondary N) is 1. The molecule has 0 fully saturated rings. The average molecular weight is 225 g/mol. The topological polar surface area (TPSA) is 12.0 Å². The van der Waals surface area contributed by atoms with Gasteiger partial charge in [-0.2, -0.15) is 0 Å². The van der Waals surface area contributed by atoms with Crippen LogP contribution in [0.4, 0.5) is 0 Å². The van der Waals surface area contributed by atoms with Crippen LogP contribution in [-0.4, -0.2) is 13.1 Å². The van der Waals surface area contributed by atoms with Crippen molar-refractivity contribution < 1.29 is 0 Å². The monoisotopic (exact) mass is 225 g/mol. The quantitative estimate of drug-likeness (QED) is 0.578. The Labute approximate surface area is 103 Å². The molecule has 0 amide bonds. The lowest BCUT2D eigenvalue weighted by Crippen LogP contribution is -2.33. The van der Waals surface area contributed by atoms with E-state index in [4.69, 9.17) is 0 Å². The van der Waals surface area contributed by atoms with Crippen molar-refractivity contribution in [1.82, 2.24) is 5.32 Å². The van der Waals surface area contributed by atoms with Crippen molar-refractivity contribution in [2.45, 2.75) is 53.9 Å². The Morgan fingerprint density at radius 2 is 1.94 bits per heavy atom. The van der Waals surface area contributed by atoms with Crippen molar-refractivity contribution in [1.29, 1.82) is 0 Å². The summed E-state index contributed by atoms with van der Waals surface area (Å²) < 4.78 is 0. The summed E-state index contributed by atoms with van der Waals surface area (Å²) in [5.41, 5.74) is 0.253. The first-order chi connectivity index (χ1) is 7.43. The van der Waals surface area contributed by atoms with Gasteiger partial charge in [0, 0.05) is 6.54 Å². The average Bonchev–Trinajstić information content (AvgIpc) is 2.17. The molecule has 1 N–H and O–H groups in total.